The second-order valence-electron chi connectivity index (χ2n) is 6.79. The van der Waals surface area contributed by atoms with E-state index in [1.165, 1.54) is 5.56 Å². The lowest BCUT2D eigenvalue weighted by Crippen LogP contribution is -2.65. The molecule has 1 fully saturated rings. The first-order valence-corrected chi connectivity index (χ1v) is 8.42. The van der Waals surface area contributed by atoms with Gasteiger partial charge in [0.15, 0.2) is 5.72 Å². The Morgan fingerprint density at radius 2 is 2.04 bits per heavy atom. The fourth-order valence-corrected chi connectivity index (χ4v) is 3.95. The molecule has 1 saturated heterocycles. The molecule has 0 unspecified atom stereocenters. The van der Waals surface area contributed by atoms with Gasteiger partial charge in [0, 0.05) is 17.0 Å². The number of fused-ring (bicyclic) bond motifs is 4. The molecule has 2 aliphatic rings. The zero-order valence-corrected chi connectivity index (χ0v) is 14.6. The molecule has 5 heteroatoms. The van der Waals surface area contributed by atoms with Crippen molar-refractivity contribution in [3.63, 3.8) is 0 Å². The molecule has 2 aromatic carbocycles. The zero-order valence-electron chi connectivity index (χ0n) is 13.9. The monoisotopic (exact) mass is 342 g/mol. The summed E-state index contributed by atoms with van der Waals surface area (Å²) in [5.41, 5.74) is 3.30. The van der Waals surface area contributed by atoms with Gasteiger partial charge in [-0.05, 0) is 50.6 Å². The Bertz CT molecular complexity index is 851. The summed E-state index contributed by atoms with van der Waals surface area (Å²) in [6.07, 6.45) is 0.666. The highest BCUT2D eigenvalue weighted by Crippen LogP contribution is 2.46. The summed E-state index contributed by atoms with van der Waals surface area (Å²) in [5, 5.41) is 3.74. The van der Waals surface area contributed by atoms with Gasteiger partial charge in [-0.1, -0.05) is 29.3 Å². The fraction of sp³-hybridized carbons (Fsp3) is 0.316. The molecule has 2 aromatic rings. The van der Waals surface area contributed by atoms with Crippen molar-refractivity contribution in [1.29, 1.82) is 0 Å². The Morgan fingerprint density at radius 3 is 2.79 bits per heavy atom. The third kappa shape index (κ3) is 2.25. The summed E-state index contributed by atoms with van der Waals surface area (Å²) in [7, 11) is 0. The van der Waals surface area contributed by atoms with Gasteiger partial charge in [0.2, 0.25) is 0 Å². The third-order valence-corrected chi connectivity index (χ3v) is 5.06. The van der Waals surface area contributed by atoms with E-state index in [1.54, 1.807) is 4.90 Å². The smallest absolute Gasteiger partial charge is 0.325 e. The maximum atomic E-state index is 12.8. The van der Waals surface area contributed by atoms with E-state index in [0.29, 0.717) is 11.4 Å². The first kappa shape index (κ1) is 15.3. The maximum Gasteiger partial charge on any atom is 0.325 e. The van der Waals surface area contributed by atoms with E-state index in [-0.39, 0.29) is 12.1 Å². The molecule has 0 spiro atoms. The molecule has 0 aliphatic carbocycles. The number of carbonyl (C=O) groups excluding carboxylic acids is 1. The number of anilines is 1. The minimum atomic E-state index is -0.728. The first-order valence-electron chi connectivity index (χ1n) is 8.04. The molecule has 2 bridgehead atoms. The van der Waals surface area contributed by atoms with Crippen LogP contribution in [0.3, 0.4) is 0 Å². The number of hydrogen-bond donors (Lipinski definition) is 1. The lowest BCUT2D eigenvalue weighted by molar-refractivity contribution is 0.0378. The van der Waals surface area contributed by atoms with Crippen LogP contribution in [0.4, 0.5) is 10.5 Å². The summed E-state index contributed by atoms with van der Waals surface area (Å²) >= 11 is 6.11. The summed E-state index contributed by atoms with van der Waals surface area (Å²) in [5.74, 6) is 0.771. The molecule has 0 radical (unpaired) electrons. The Morgan fingerprint density at radius 1 is 1.25 bits per heavy atom. The van der Waals surface area contributed by atoms with Crippen LogP contribution in [0, 0.1) is 13.8 Å². The van der Waals surface area contributed by atoms with Crippen LogP contribution in [0.15, 0.2) is 36.4 Å². The second kappa shape index (κ2) is 5.15. The number of urea groups is 1. The van der Waals surface area contributed by atoms with Gasteiger partial charge >= 0.3 is 6.03 Å². The molecule has 2 amide bonds. The third-order valence-electron chi connectivity index (χ3n) is 4.83. The summed E-state index contributed by atoms with van der Waals surface area (Å²) < 4.78 is 6.27. The van der Waals surface area contributed by atoms with Crippen molar-refractivity contribution in [1.82, 2.24) is 5.32 Å². The molecule has 0 aromatic heterocycles. The van der Waals surface area contributed by atoms with Gasteiger partial charge in [0.1, 0.15) is 5.75 Å². The van der Waals surface area contributed by atoms with Crippen molar-refractivity contribution in [2.45, 2.75) is 39.0 Å². The highest BCUT2D eigenvalue weighted by molar-refractivity contribution is 6.30. The van der Waals surface area contributed by atoms with Crippen LogP contribution in [-0.2, 0) is 0 Å². The van der Waals surface area contributed by atoms with Gasteiger partial charge in [-0.15, -0.1) is 0 Å². The van der Waals surface area contributed by atoms with Crippen LogP contribution < -0.4 is 15.0 Å². The number of rotatable bonds is 1. The van der Waals surface area contributed by atoms with Crippen LogP contribution in [-0.4, -0.2) is 11.8 Å². The van der Waals surface area contributed by atoms with Gasteiger partial charge < -0.3 is 10.1 Å². The topological polar surface area (TPSA) is 41.6 Å². The minimum absolute atomic E-state index is 0.0908. The lowest BCUT2D eigenvalue weighted by atomic mass is 9.90. The number of nitrogens with zero attached hydrogens (tertiary/aromatic N) is 1. The number of benzene rings is 2. The second-order valence-corrected chi connectivity index (χ2v) is 7.23. The summed E-state index contributed by atoms with van der Waals surface area (Å²) in [4.78, 5) is 14.6. The predicted octanol–water partition coefficient (Wildman–Crippen LogP) is 4.73. The highest BCUT2D eigenvalue weighted by Gasteiger charge is 2.50. The minimum Gasteiger partial charge on any atom is -0.467 e. The zero-order chi connectivity index (χ0) is 17.1. The van der Waals surface area contributed by atoms with Crippen molar-refractivity contribution in [2.75, 3.05) is 4.90 Å². The van der Waals surface area contributed by atoms with E-state index in [9.17, 15) is 4.79 Å². The molecular weight excluding hydrogens is 324 g/mol. The number of amides is 2. The van der Waals surface area contributed by atoms with E-state index < -0.39 is 5.72 Å². The van der Waals surface area contributed by atoms with Gasteiger partial charge in [0.05, 0.1) is 11.7 Å². The molecular formula is C19H19ClN2O2. The van der Waals surface area contributed by atoms with Gasteiger partial charge in [-0.3, -0.25) is 4.90 Å². The fourth-order valence-electron chi connectivity index (χ4n) is 3.77. The SMILES string of the molecule is Cc1ccc(N2C(=O)N[C@H]3C[C@]2(C)Oc2ccc(Cl)cc23)c(C)c1. The van der Waals surface area contributed by atoms with Crippen LogP contribution in [0.5, 0.6) is 5.75 Å². The molecule has 4 nitrogen and oxygen atoms in total. The predicted molar refractivity (Wildman–Crippen MR) is 94.8 cm³/mol. The van der Waals surface area contributed by atoms with Crippen molar-refractivity contribution < 1.29 is 9.53 Å². The van der Waals surface area contributed by atoms with Crippen LogP contribution in [0.2, 0.25) is 5.02 Å². The average Bonchev–Trinajstić information content (AvgIpc) is 2.50. The van der Waals surface area contributed by atoms with Crippen molar-refractivity contribution in [3.05, 3.63) is 58.1 Å². The number of carbonyl (C=O) groups is 1. The lowest BCUT2D eigenvalue weighted by Gasteiger charge is -2.51. The standard InChI is InChI=1S/C19H19ClN2O2/c1-11-4-6-16(12(2)8-11)22-18(23)21-15-10-19(22,3)24-17-7-5-13(20)9-14(15)17/h4-9,15H,10H2,1-3H3,(H,21,23)/t15-,19-/m0/s1. The Balaban J connectivity index is 1.82. The molecule has 2 atom stereocenters. The Labute approximate surface area is 146 Å². The molecule has 2 heterocycles. The molecule has 24 heavy (non-hydrogen) atoms. The number of hydrogen-bond acceptors (Lipinski definition) is 2. The maximum absolute atomic E-state index is 12.8. The van der Waals surface area contributed by atoms with E-state index in [1.807, 2.05) is 51.1 Å². The summed E-state index contributed by atoms with van der Waals surface area (Å²) in [6, 6.07) is 11.4. The van der Waals surface area contributed by atoms with E-state index in [0.717, 1.165) is 22.6 Å². The number of nitrogens with one attached hydrogen (secondary N) is 1. The Hall–Kier alpha value is -2.20. The number of halogens is 1. The molecule has 1 N–H and O–H groups in total. The van der Waals surface area contributed by atoms with Gasteiger partial charge in [-0.2, -0.15) is 0 Å². The van der Waals surface area contributed by atoms with Crippen molar-refractivity contribution in [3.8, 4) is 5.75 Å². The molecule has 4 rings (SSSR count). The van der Waals surface area contributed by atoms with Crippen LogP contribution in [0.25, 0.3) is 0 Å². The van der Waals surface area contributed by atoms with Gasteiger partial charge in [0.25, 0.3) is 0 Å². The Kier molecular flexibility index (Phi) is 3.29. The average molecular weight is 343 g/mol. The van der Waals surface area contributed by atoms with Crippen molar-refractivity contribution in [2.24, 2.45) is 0 Å². The van der Waals surface area contributed by atoms with E-state index in [4.69, 9.17) is 16.3 Å². The largest absolute Gasteiger partial charge is 0.467 e. The number of aryl methyl sites for hydroxylation is 2. The molecule has 2 aliphatic heterocycles. The van der Waals surface area contributed by atoms with Crippen LogP contribution >= 0.6 is 11.6 Å². The summed E-state index contributed by atoms with van der Waals surface area (Å²) in [6.45, 7) is 6.03. The highest BCUT2D eigenvalue weighted by atomic mass is 35.5. The van der Waals surface area contributed by atoms with Crippen LogP contribution in [0.1, 0.15) is 36.1 Å². The number of ether oxygens (including phenoxy) is 1. The molecule has 124 valence electrons. The van der Waals surface area contributed by atoms with E-state index >= 15 is 0 Å². The first-order chi connectivity index (χ1) is 11.4. The van der Waals surface area contributed by atoms with Gasteiger partial charge in [-0.25, -0.2) is 4.79 Å². The normalized spacial score (nSPS) is 24.9. The van der Waals surface area contributed by atoms with E-state index in [2.05, 4.69) is 11.4 Å². The molecule has 0 saturated carbocycles. The quantitative estimate of drug-likeness (QED) is 0.814. The van der Waals surface area contributed by atoms with Crippen molar-refractivity contribution >= 4 is 23.3 Å².